The molecule has 1 saturated heterocycles. The highest BCUT2D eigenvalue weighted by molar-refractivity contribution is 7.98. The molecule has 4 amide bonds. The number of amides is 4. The van der Waals surface area contributed by atoms with Crippen LogP contribution in [0.2, 0.25) is 0 Å². The lowest BCUT2D eigenvalue weighted by atomic mass is 9.91. The number of hydrogen-bond acceptors (Lipinski definition) is 8. The second kappa shape index (κ2) is 14.1. The molecule has 1 fully saturated rings. The van der Waals surface area contributed by atoms with Gasteiger partial charge >= 0.3 is 11.9 Å². The highest BCUT2D eigenvalue weighted by atomic mass is 32.2. The van der Waals surface area contributed by atoms with Gasteiger partial charge in [-0.05, 0) is 60.6 Å². The van der Waals surface area contributed by atoms with Crippen LogP contribution in [0.15, 0.2) is 30.3 Å². The Bertz CT molecular complexity index is 1520. The van der Waals surface area contributed by atoms with Crippen LogP contribution in [-0.2, 0) is 29.7 Å². The molecule has 45 heavy (non-hydrogen) atoms. The first kappa shape index (κ1) is 33.5. The lowest BCUT2D eigenvalue weighted by molar-refractivity contribution is -0.139. The van der Waals surface area contributed by atoms with Crippen LogP contribution in [0.5, 0.6) is 0 Å². The fraction of sp³-hybridized carbons (Fsp3) is 0.438. The molecule has 2 aliphatic heterocycles. The summed E-state index contributed by atoms with van der Waals surface area (Å²) in [5, 5.41) is 15.0. The topological polar surface area (TPSA) is 162 Å². The lowest BCUT2D eigenvalue weighted by Gasteiger charge is -2.28. The average molecular weight is 639 g/mol. The Morgan fingerprint density at radius 3 is 2.38 bits per heavy atom. The number of likely N-dealkylation sites (N-methyl/N-ethyl adjacent to an activating group) is 1. The molecular weight excluding hydrogens is 600 g/mol. The summed E-state index contributed by atoms with van der Waals surface area (Å²) >= 11 is 1.34. The van der Waals surface area contributed by atoms with Crippen LogP contribution in [0.4, 0.5) is 0 Å². The van der Waals surface area contributed by atoms with Crippen LogP contribution < -0.4 is 10.6 Å². The van der Waals surface area contributed by atoms with Crippen LogP contribution in [0.1, 0.15) is 57.2 Å². The first-order valence-electron chi connectivity index (χ1n) is 14.6. The zero-order valence-electron chi connectivity index (χ0n) is 26.0. The number of ether oxygens (including phenoxy) is 1. The molecule has 2 aromatic rings. The number of esters is 1. The Morgan fingerprint density at radius 2 is 1.76 bits per heavy atom. The second-order valence-electron chi connectivity index (χ2n) is 11.5. The number of carbonyl (C=O) groups excluding carboxylic acids is 5. The van der Waals surface area contributed by atoms with E-state index in [1.165, 1.54) is 28.5 Å². The number of nitrogens with zero attached hydrogens (tertiary/aromatic N) is 2. The highest BCUT2D eigenvalue weighted by Crippen LogP contribution is 2.33. The number of carboxylic acids is 1. The molecule has 0 spiro atoms. The number of aromatic carboxylic acids is 1. The molecule has 0 bridgehead atoms. The van der Waals surface area contributed by atoms with Crippen molar-refractivity contribution >= 4 is 47.3 Å². The van der Waals surface area contributed by atoms with E-state index in [0.29, 0.717) is 41.6 Å². The molecule has 0 aromatic heterocycles. The van der Waals surface area contributed by atoms with E-state index >= 15 is 0 Å². The maximum Gasteiger partial charge on any atom is 0.338 e. The number of aryl methyl sites for hydroxylation is 2. The van der Waals surface area contributed by atoms with Crippen molar-refractivity contribution in [1.82, 2.24) is 20.4 Å². The standard InChI is InChI=1S/C32H38N4O8S/c1-17-12-20(13-18(2)27(17)31(41)42)21-8-6-9-22-23(21)15-45-16-25(30(40)35(4)5)34-28(38)24(14-44-32(22)43)33-29(39)26-10-7-11-36(26)19(3)37/h6,8-9,12-13,24-26H,7,10-11,14-16H2,1-5H3,(H,33,39)(H,34,38)(H,41,42)/t24-,25-,26+/m1/s1. The number of thioether (sulfide) groups is 1. The van der Waals surface area contributed by atoms with E-state index in [1.54, 1.807) is 52.2 Å². The summed E-state index contributed by atoms with van der Waals surface area (Å²) < 4.78 is 5.62. The third-order valence-corrected chi connectivity index (χ3v) is 9.08. The van der Waals surface area contributed by atoms with Gasteiger partial charge in [-0.1, -0.05) is 24.3 Å². The molecule has 2 aromatic carbocycles. The molecule has 0 radical (unpaired) electrons. The number of carbonyl (C=O) groups is 6. The summed E-state index contributed by atoms with van der Waals surface area (Å²) in [6.07, 6.45) is 1.07. The van der Waals surface area contributed by atoms with Crippen LogP contribution in [-0.4, -0.2) is 102 Å². The Kier molecular flexibility index (Phi) is 10.5. The summed E-state index contributed by atoms with van der Waals surface area (Å²) in [6, 6.07) is 5.64. The minimum Gasteiger partial charge on any atom is -0.478 e. The molecule has 2 aliphatic rings. The first-order chi connectivity index (χ1) is 21.3. The molecule has 4 rings (SSSR count). The minimum atomic E-state index is -1.32. The van der Waals surface area contributed by atoms with Gasteiger partial charge in [-0.15, -0.1) is 0 Å². The molecule has 3 N–H and O–H groups in total. The fourth-order valence-corrected chi connectivity index (χ4v) is 6.90. The van der Waals surface area contributed by atoms with Gasteiger partial charge < -0.3 is 30.3 Å². The van der Waals surface area contributed by atoms with E-state index < -0.39 is 48.5 Å². The van der Waals surface area contributed by atoms with Crippen molar-refractivity contribution in [2.75, 3.05) is 33.0 Å². The fourth-order valence-electron chi connectivity index (χ4n) is 5.80. The van der Waals surface area contributed by atoms with Crippen molar-refractivity contribution in [3.05, 3.63) is 58.1 Å². The van der Waals surface area contributed by atoms with E-state index in [4.69, 9.17) is 4.74 Å². The predicted octanol–water partition coefficient (Wildman–Crippen LogP) is 2.14. The van der Waals surface area contributed by atoms with Crippen LogP contribution >= 0.6 is 11.8 Å². The van der Waals surface area contributed by atoms with Gasteiger partial charge in [0.05, 0.1) is 11.1 Å². The van der Waals surface area contributed by atoms with Crippen molar-refractivity contribution < 1.29 is 38.6 Å². The average Bonchev–Trinajstić information content (AvgIpc) is 3.47. The summed E-state index contributed by atoms with van der Waals surface area (Å²) in [5.74, 6) is -3.12. The summed E-state index contributed by atoms with van der Waals surface area (Å²) in [4.78, 5) is 79.9. The summed E-state index contributed by atoms with van der Waals surface area (Å²) in [6.45, 7) is 4.73. The number of nitrogens with one attached hydrogen (secondary N) is 2. The minimum absolute atomic E-state index is 0.170. The van der Waals surface area contributed by atoms with Crippen molar-refractivity contribution in [2.45, 2.75) is 57.5 Å². The predicted molar refractivity (Wildman–Crippen MR) is 168 cm³/mol. The van der Waals surface area contributed by atoms with Gasteiger partial charge in [0.15, 0.2) is 0 Å². The smallest absolute Gasteiger partial charge is 0.338 e. The number of carboxylic acid groups (broad SMARTS) is 1. The number of fused-ring (bicyclic) bond motifs is 1. The SMILES string of the molecule is CC(=O)N1CCC[C@H]1C(=O)N[C@@H]1COC(=O)c2cccc(-c3cc(C)c(C(=O)O)c(C)c3)c2CSC[C@H](C(=O)N(C)C)NC1=O. The lowest BCUT2D eigenvalue weighted by Crippen LogP contribution is -2.58. The molecule has 3 atom stereocenters. The Hall–Kier alpha value is -4.39. The van der Waals surface area contributed by atoms with E-state index in [9.17, 15) is 33.9 Å². The van der Waals surface area contributed by atoms with Gasteiger partial charge in [0.1, 0.15) is 24.7 Å². The zero-order valence-corrected chi connectivity index (χ0v) is 26.8. The first-order valence-corrected chi connectivity index (χ1v) is 15.8. The molecule has 2 heterocycles. The third kappa shape index (κ3) is 7.47. The molecular formula is C32H38N4O8S. The molecule has 13 heteroatoms. The van der Waals surface area contributed by atoms with Gasteiger partial charge in [0.2, 0.25) is 23.6 Å². The van der Waals surface area contributed by atoms with E-state index in [1.807, 2.05) is 6.07 Å². The Morgan fingerprint density at radius 1 is 1.09 bits per heavy atom. The molecule has 0 unspecified atom stereocenters. The van der Waals surface area contributed by atoms with Crippen LogP contribution in [0, 0.1) is 13.8 Å². The largest absolute Gasteiger partial charge is 0.478 e. The summed E-state index contributed by atoms with van der Waals surface area (Å²) in [7, 11) is 3.15. The van der Waals surface area contributed by atoms with Crippen LogP contribution in [0.3, 0.4) is 0 Å². The van der Waals surface area contributed by atoms with Gasteiger partial charge in [-0.25, -0.2) is 9.59 Å². The highest BCUT2D eigenvalue weighted by Gasteiger charge is 2.36. The third-order valence-electron chi connectivity index (χ3n) is 8.01. The number of hydrogen-bond donors (Lipinski definition) is 3. The zero-order chi connectivity index (χ0) is 33.0. The molecule has 0 saturated carbocycles. The Balaban J connectivity index is 1.71. The van der Waals surface area contributed by atoms with Crippen molar-refractivity contribution in [1.29, 1.82) is 0 Å². The maximum atomic E-state index is 13.5. The number of likely N-dealkylation sites (tertiary alicyclic amines) is 1. The number of cyclic esters (lactones) is 1. The maximum absolute atomic E-state index is 13.5. The molecule has 12 nitrogen and oxygen atoms in total. The Labute approximate surface area is 265 Å². The second-order valence-corrected chi connectivity index (χ2v) is 12.5. The molecule has 240 valence electrons. The van der Waals surface area contributed by atoms with Gasteiger partial charge in [-0.3, -0.25) is 19.2 Å². The van der Waals surface area contributed by atoms with Gasteiger partial charge in [0, 0.05) is 39.1 Å². The normalized spacial score (nSPS) is 20.6. The quantitative estimate of drug-likeness (QED) is 0.417. The van der Waals surface area contributed by atoms with Crippen molar-refractivity contribution in [2.24, 2.45) is 0 Å². The van der Waals surface area contributed by atoms with Crippen molar-refractivity contribution in [3.63, 3.8) is 0 Å². The summed E-state index contributed by atoms with van der Waals surface area (Å²) in [5.41, 5.74) is 3.65. The van der Waals surface area contributed by atoms with Crippen LogP contribution in [0.25, 0.3) is 11.1 Å². The molecule has 0 aliphatic carbocycles. The van der Waals surface area contributed by atoms with Crippen molar-refractivity contribution in [3.8, 4) is 11.1 Å². The van der Waals surface area contributed by atoms with E-state index in [2.05, 4.69) is 10.6 Å². The van der Waals surface area contributed by atoms with E-state index in [0.717, 1.165) is 5.56 Å². The van der Waals surface area contributed by atoms with E-state index in [-0.39, 0.29) is 34.4 Å². The monoisotopic (exact) mass is 638 g/mol. The number of benzene rings is 2. The van der Waals surface area contributed by atoms with Gasteiger partial charge in [-0.2, -0.15) is 11.8 Å². The van der Waals surface area contributed by atoms with Gasteiger partial charge in [0.25, 0.3) is 0 Å². The number of rotatable bonds is 5.